The predicted molar refractivity (Wildman–Crippen MR) is 72.9 cm³/mol. The van der Waals surface area contributed by atoms with Gasteiger partial charge in [0.2, 0.25) is 11.2 Å². The largest absolute Gasteiger partial charge is 0.490 e. The summed E-state index contributed by atoms with van der Waals surface area (Å²) >= 11 is 0. The SMILES string of the molecule is COc1coc(C(=O)NC2CC23CCCCC3)cc1=O. The number of ether oxygens (including phenoxy) is 1. The monoisotopic (exact) mass is 277 g/mol. The molecule has 1 N–H and O–H groups in total. The zero-order chi connectivity index (χ0) is 14.2. The molecule has 1 aromatic heterocycles. The van der Waals surface area contributed by atoms with Gasteiger partial charge in [0, 0.05) is 12.1 Å². The van der Waals surface area contributed by atoms with Crippen LogP contribution in [0.4, 0.5) is 0 Å². The lowest BCUT2D eigenvalue weighted by atomic mass is 9.86. The first-order valence-electron chi connectivity index (χ1n) is 7.12. The summed E-state index contributed by atoms with van der Waals surface area (Å²) in [6, 6.07) is 1.42. The minimum absolute atomic E-state index is 0.0497. The average Bonchev–Trinajstić information content (AvgIpc) is 3.10. The molecule has 108 valence electrons. The van der Waals surface area contributed by atoms with Crippen LogP contribution >= 0.6 is 0 Å². The highest BCUT2D eigenvalue weighted by Gasteiger charge is 2.54. The molecule has 1 unspecified atom stereocenters. The van der Waals surface area contributed by atoms with Crippen LogP contribution in [0.2, 0.25) is 0 Å². The van der Waals surface area contributed by atoms with Gasteiger partial charge in [0.05, 0.1) is 7.11 Å². The molecule has 0 aliphatic heterocycles. The molecule has 1 heterocycles. The average molecular weight is 277 g/mol. The summed E-state index contributed by atoms with van der Waals surface area (Å²) in [6.07, 6.45) is 8.44. The molecular formula is C15H19NO4. The van der Waals surface area contributed by atoms with Crippen molar-refractivity contribution >= 4 is 5.91 Å². The normalized spacial score (nSPS) is 23.4. The van der Waals surface area contributed by atoms with Crippen molar-refractivity contribution in [2.75, 3.05) is 7.11 Å². The third kappa shape index (κ3) is 2.32. The Balaban J connectivity index is 1.65. The van der Waals surface area contributed by atoms with Gasteiger partial charge in [-0.3, -0.25) is 9.59 Å². The van der Waals surface area contributed by atoms with E-state index in [1.165, 1.54) is 51.5 Å². The van der Waals surface area contributed by atoms with E-state index in [4.69, 9.17) is 9.15 Å². The zero-order valence-corrected chi connectivity index (χ0v) is 11.6. The minimum atomic E-state index is -0.341. The molecule has 2 saturated carbocycles. The van der Waals surface area contributed by atoms with Crippen molar-refractivity contribution in [3.05, 3.63) is 28.3 Å². The predicted octanol–water partition coefficient (Wildman–Crippen LogP) is 2.10. The van der Waals surface area contributed by atoms with Crippen LogP contribution in [0.5, 0.6) is 5.75 Å². The highest BCUT2D eigenvalue weighted by Crippen LogP contribution is 2.56. The maximum Gasteiger partial charge on any atom is 0.287 e. The second-order valence-electron chi connectivity index (χ2n) is 5.83. The molecule has 0 aromatic carbocycles. The summed E-state index contributed by atoms with van der Waals surface area (Å²) in [5.74, 6) is -0.150. The molecule has 2 aliphatic carbocycles. The first-order valence-corrected chi connectivity index (χ1v) is 7.12. The molecule has 5 heteroatoms. The minimum Gasteiger partial charge on any atom is -0.490 e. The number of methoxy groups -OCH3 is 1. The molecule has 1 spiro atoms. The van der Waals surface area contributed by atoms with Gasteiger partial charge in [-0.1, -0.05) is 19.3 Å². The Morgan fingerprint density at radius 2 is 2.15 bits per heavy atom. The van der Waals surface area contributed by atoms with Crippen LogP contribution in [-0.4, -0.2) is 19.1 Å². The van der Waals surface area contributed by atoms with E-state index >= 15 is 0 Å². The van der Waals surface area contributed by atoms with Gasteiger partial charge < -0.3 is 14.5 Å². The van der Waals surface area contributed by atoms with Gasteiger partial charge >= 0.3 is 0 Å². The van der Waals surface area contributed by atoms with Crippen molar-refractivity contribution in [3.8, 4) is 5.75 Å². The molecule has 0 radical (unpaired) electrons. The Kier molecular flexibility index (Phi) is 3.28. The Labute approximate surface area is 117 Å². The van der Waals surface area contributed by atoms with Crippen LogP contribution in [0, 0.1) is 5.41 Å². The molecule has 1 aromatic rings. The van der Waals surface area contributed by atoms with Crippen LogP contribution < -0.4 is 15.5 Å². The lowest BCUT2D eigenvalue weighted by Crippen LogP contribution is -2.31. The lowest BCUT2D eigenvalue weighted by molar-refractivity contribution is 0.0911. The van der Waals surface area contributed by atoms with E-state index in [9.17, 15) is 9.59 Å². The Bertz CT molecular complexity index is 571. The first-order chi connectivity index (χ1) is 9.64. The van der Waals surface area contributed by atoms with Crippen LogP contribution in [0.15, 0.2) is 21.5 Å². The number of rotatable bonds is 3. The standard InChI is InChI=1S/C15H19NO4/c1-19-12-9-20-11(7-10(12)17)14(18)16-13-8-15(13)5-3-2-4-6-15/h7,9,13H,2-6,8H2,1H3,(H,16,18). The number of carbonyl (C=O) groups is 1. The van der Waals surface area contributed by atoms with Gasteiger partial charge in [-0.05, 0) is 24.7 Å². The van der Waals surface area contributed by atoms with Crippen LogP contribution in [-0.2, 0) is 0 Å². The first kappa shape index (κ1) is 13.2. The van der Waals surface area contributed by atoms with Gasteiger partial charge in [-0.25, -0.2) is 0 Å². The van der Waals surface area contributed by atoms with Crippen LogP contribution in [0.1, 0.15) is 49.1 Å². The molecule has 3 rings (SSSR count). The second-order valence-corrected chi connectivity index (χ2v) is 5.83. The van der Waals surface area contributed by atoms with Gasteiger partial charge in [0.1, 0.15) is 6.26 Å². The fourth-order valence-corrected chi connectivity index (χ4v) is 3.26. The quantitative estimate of drug-likeness (QED) is 0.918. The van der Waals surface area contributed by atoms with Crippen molar-refractivity contribution in [3.63, 3.8) is 0 Å². The molecule has 5 nitrogen and oxygen atoms in total. The molecule has 2 fully saturated rings. The van der Waals surface area contributed by atoms with Crippen molar-refractivity contribution < 1.29 is 13.9 Å². The number of hydrogen-bond donors (Lipinski definition) is 1. The van der Waals surface area contributed by atoms with Gasteiger partial charge in [-0.15, -0.1) is 0 Å². The second kappa shape index (κ2) is 4.96. The Morgan fingerprint density at radius 1 is 1.40 bits per heavy atom. The maximum absolute atomic E-state index is 12.1. The lowest BCUT2D eigenvalue weighted by Gasteiger charge is -2.22. The molecular weight excluding hydrogens is 258 g/mol. The zero-order valence-electron chi connectivity index (χ0n) is 11.6. The summed E-state index contributed by atoms with van der Waals surface area (Å²) < 4.78 is 9.98. The molecule has 0 saturated heterocycles. The van der Waals surface area contributed by atoms with E-state index in [0.29, 0.717) is 5.41 Å². The molecule has 0 bridgehead atoms. The third-order valence-corrected chi connectivity index (χ3v) is 4.59. The Morgan fingerprint density at radius 3 is 2.80 bits per heavy atom. The summed E-state index contributed by atoms with van der Waals surface area (Å²) in [5, 5.41) is 2.98. The van der Waals surface area contributed by atoms with Crippen molar-refractivity contribution in [2.45, 2.75) is 44.6 Å². The number of carbonyl (C=O) groups excluding carboxylic acids is 1. The topological polar surface area (TPSA) is 68.5 Å². The maximum atomic E-state index is 12.1. The highest BCUT2D eigenvalue weighted by atomic mass is 16.5. The Hall–Kier alpha value is -1.78. The third-order valence-electron chi connectivity index (χ3n) is 4.59. The summed E-state index contributed by atoms with van der Waals surface area (Å²) in [5.41, 5.74) is -0.0206. The summed E-state index contributed by atoms with van der Waals surface area (Å²) in [4.78, 5) is 23.7. The van der Waals surface area contributed by atoms with Crippen LogP contribution in [0.25, 0.3) is 0 Å². The van der Waals surface area contributed by atoms with E-state index in [-0.39, 0.29) is 28.9 Å². The number of hydrogen-bond acceptors (Lipinski definition) is 4. The van der Waals surface area contributed by atoms with Gasteiger partial charge in [0.25, 0.3) is 5.91 Å². The number of nitrogens with one attached hydrogen (secondary N) is 1. The van der Waals surface area contributed by atoms with Crippen molar-refractivity contribution in [1.82, 2.24) is 5.32 Å². The fourth-order valence-electron chi connectivity index (χ4n) is 3.26. The smallest absolute Gasteiger partial charge is 0.287 e. The highest BCUT2D eigenvalue weighted by molar-refractivity contribution is 5.91. The fraction of sp³-hybridized carbons (Fsp3) is 0.600. The van der Waals surface area contributed by atoms with E-state index < -0.39 is 0 Å². The summed E-state index contributed by atoms with van der Waals surface area (Å²) in [7, 11) is 1.39. The molecule has 2 aliphatic rings. The van der Waals surface area contributed by atoms with Gasteiger partial charge in [0.15, 0.2) is 5.76 Å². The van der Waals surface area contributed by atoms with Crippen LogP contribution in [0.3, 0.4) is 0 Å². The molecule has 1 atom stereocenters. The molecule has 1 amide bonds. The molecule has 20 heavy (non-hydrogen) atoms. The van der Waals surface area contributed by atoms with E-state index in [1.807, 2.05) is 0 Å². The van der Waals surface area contributed by atoms with E-state index in [0.717, 1.165) is 6.42 Å². The summed E-state index contributed by atoms with van der Waals surface area (Å²) in [6.45, 7) is 0. The van der Waals surface area contributed by atoms with Crippen molar-refractivity contribution in [2.24, 2.45) is 5.41 Å². The van der Waals surface area contributed by atoms with Gasteiger partial charge in [-0.2, -0.15) is 0 Å². The van der Waals surface area contributed by atoms with E-state index in [1.54, 1.807) is 0 Å². The van der Waals surface area contributed by atoms with E-state index in [2.05, 4.69) is 5.32 Å². The van der Waals surface area contributed by atoms with Crippen molar-refractivity contribution in [1.29, 1.82) is 0 Å². The number of amides is 1.